The van der Waals surface area contributed by atoms with Crippen molar-refractivity contribution < 1.29 is 5.11 Å². The minimum absolute atomic E-state index is 0.438. The van der Waals surface area contributed by atoms with Crippen LogP contribution in [0.5, 0.6) is 5.75 Å². The van der Waals surface area contributed by atoms with Crippen molar-refractivity contribution in [3.05, 3.63) is 59.2 Å². The van der Waals surface area contributed by atoms with Crippen molar-refractivity contribution in [2.45, 2.75) is 38.5 Å². The van der Waals surface area contributed by atoms with Crippen molar-refractivity contribution in [3.63, 3.8) is 0 Å². The normalized spacial score (nSPS) is 26.2. The van der Waals surface area contributed by atoms with Gasteiger partial charge in [-0.1, -0.05) is 30.7 Å². The largest absolute Gasteiger partial charge is 0.507 e. The second-order valence-electron chi connectivity index (χ2n) is 7.17. The molecule has 2 fully saturated rings. The van der Waals surface area contributed by atoms with Gasteiger partial charge in [-0.05, 0) is 73.3 Å². The van der Waals surface area contributed by atoms with Gasteiger partial charge in [-0.15, -0.1) is 0 Å². The van der Waals surface area contributed by atoms with Gasteiger partial charge in [0.15, 0.2) is 0 Å². The van der Waals surface area contributed by atoms with Crippen molar-refractivity contribution in [3.8, 4) is 5.75 Å². The lowest BCUT2D eigenvalue weighted by Gasteiger charge is -2.24. The molecule has 0 spiro atoms. The molecule has 0 saturated heterocycles. The summed E-state index contributed by atoms with van der Waals surface area (Å²) in [7, 11) is 0. The Morgan fingerprint density at radius 1 is 1.09 bits per heavy atom. The molecule has 0 radical (unpaired) electrons. The number of hydrogen-bond donors (Lipinski definition) is 1. The fourth-order valence-corrected chi connectivity index (χ4v) is 4.50. The molecule has 118 valence electrons. The Labute approximate surface area is 137 Å². The molecule has 0 heterocycles. The molecule has 4 rings (SSSR count). The molecule has 0 aliphatic heterocycles. The highest BCUT2D eigenvalue weighted by molar-refractivity contribution is 5.86. The van der Waals surface area contributed by atoms with Gasteiger partial charge >= 0.3 is 0 Å². The van der Waals surface area contributed by atoms with E-state index in [0.717, 1.165) is 28.7 Å². The van der Waals surface area contributed by atoms with E-state index in [1.165, 1.54) is 31.2 Å². The molecular weight excluding hydrogens is 282 g/mol. The van der Waals surface area contributed by atoms with Crippen molar-refractivity contribution in [2.24, 2.45) is 16.8 Å². The monoisotopic (exact) mass is 305 g/mol. The van der Waals surface area contributed by atoms with E-state index < -0.39 is 0 Å². The maximum absolute atomic E-state index is 10.8. The summed E-state index contributed by atoms with van der Waals surface area (Å²) in [4.78, 5) is 4.51. The van der Waals surface area contributed by atoms with Crippen LogP contribution in [0, 0.1) is 18.8 Å². The molecule has 2 nitrogen and oxygen atoms in total. The molecule has 0 amide bonds. The smallest absolute Gasteiger partial charge is 0.127 e. The SMILES string of the molecule is Cc1cc(C=Nc2ccccc2)c(O)c(C2CC3CCC2C3)c1. The molecule has 3 atom stereocenters. The molecule has 1 N–H and O–H groups in total. The van der Waals surface area contributed by atoms with E-state index in [0.29, 0.717) is 11.7 Å². The number of phenols is 1. The molecule has 3 unspecified atom stereocenters. The van der Waals surface area contributed by atoms with E-state index in [1.54, 1.807) is 6.21 Å². The van der Waals surface area contributed by atoms with Crippen LogP contribution in [0.15, 0.2) is 47.5 Å². The van der Waals surface area contributed by atoms with Gasteiger partial charge in [-0.25, -0.2) is 0 Å². The fraction of sp³-hybridized carbons (Fsp3) is 0.381. The number of phenolic OH excluding ortho intramolecular Hbond substituents is 1. The van der Waals surface area contributed by atoms with Crippen LogP contribution >= 0.6 is 0 Å². The van der Waals surface area contributed by atoms with Crippen LogP contribution in [-0.2, 0) is 0 Å². The quantitative estimate of drug-likeness (QED) is 0.761. The lowest BCUT2D eigenvalue weighted by molar-refractivity contribution is 0.397. The third kappa shape index (κ3) is 2.78. The molecule has 2 bridgehead atoms. The maximum Gasteiger partial charge on any atom is 0.127 e. The molecular formula is C21H23NO. The summed E-state index contributed by atoms with van der Waals surface area (Å²) in [6, 6.07) is 14.1. The van der Waals surface area contributed by atoms with Crippen molar-refractivity contribution >= 4 is 11.9 Å². The van der Waals surface area contributed by atoms with Crippen molar-refractivity contribution in [1.82, 2.24) is 0 Å². The number of rotatable bonds is 3. The van der Waals surface area contributed by atoms with Gasteiger partial charge in [-0.2, -0.15) is 0 Å². The van der Waals surface area contributed by atoms with Crippen molar-refractivity contribution in [1.29, 1.82) is 0 Å². The van der Waals surface area contributed by atoms with Crippen LogP contribution < -0.4 is 0 Å². The van der Waals surface area contributed by atoms with Crippen LogP contribution in [0.3, 0.4) is 0 Å². The van der Waals surface area contributed by atoms with Gasteiger partial charge in [0.1, 0.15) is 5.75 Å². The maximum atomic E-state index is 10.8. The number of aliphatic imine (C=N–C) groups is 1. The predicted octanol–water partition coefficient (Wildman–Crippen LogP) is 5.35. The number of hydrogen-bond acceptors (Lipinski definition) is 2. The second kappa shape index (κ2) is 5.84. The lowest BCUT2D eigenvalue weighted by Crippen LogP contribution is -2.09. The number of benzene rings is 2. The van der Waals surface area contributed by atoms with E-state index in [-0.39, 0.29) is 0 Å². The van der Waals surface area contributed by atoms with Crippen LogP contribution in [0.4, 0.5) is 5.69 Å². The van der Waals surface area contributed by atoms with Crippen molar-refractivity contribution in [2.75, 3.05) is 0 Å². The first-order valence-corrected chi connectivity index (χ1v) is 8.63. The Morgan fingerprint density at radius 2 is 1.91 bits per heavy atom. The summed E-state index contributed by atoms with van der Waals surface area (Å²) in [5.41, 5.74) is 4.10. The summed E-state index contributed by atoms with van der Waals surface area (Å²) in [5.74, 6) is 2.63. The first kappa shape index (κ1) is 14.5. The third-order valence-corrected chi connectivity index (χ3v) is 5.56. The number of aryl methyl sites for hydroxylation is 1. The standard InChI is InChI=1S/C21H23NO/c1-14-9-17(13-22-18-5-3-2-4-6-18)21(23)20(10-14)19-12-15-7-8-16(19)11-15/h2-6,9-10,13,15-16,19,23H,7-8,11-12H2,1H3. The summed E-state index contributed by atoms with van der Waals surface area (Å²) in [6.45, 7) is 2.11. The highest BCUT2D eigenvalue weighted by Crippen LogP contribution is 2.54. The number of aromatic hydroxyl groups is 1. The zero-order chi connectivity index (χ0) is 15.8. The number of nitrogens with zero attached hydrogens (tertiary/aromatic N) is 1. The lowest BCUT2D eigenvalue weighted by atomic mass is 9.82. The van der Waals surface area contributed by atoms with Crippen LogP contribution in [0.2, 0.25) is 0 Å². The average molecular weight is 305 g/mol. The first-order chi connectivity index (χ1) is 11.2. The Bertz CT molecular complexity index is 735. The first-order valence-electron chi connectivity index (χ1n) is 8.63. The van der Waals surface area contributed by atoms with E-state index >= 15 is 0 Å². The zero-order valence-electron chi connectivity index (χ0n) is 13.6. The molecule has 2 saturated carbocycles. The van der Waals surface area contributed by atoms with Crippen LogP contribution in [0.1, 0.15) is 48.3 Å². The predicted molar refractivity (Wildman–Crippen MR) is 94.7 cm³/mol. The van der Waals surface area contributed by atoms with Gasteiger partial charge in [-0.3, -0.25) is 4.99 Å². The van der Waals surface area contributed by atoms with Crippen LogP contribution in [0.25, 0.3) is 0 Å². The van der Waals surface area contributed by atoms with E-state index in [9.17, 15) is 5.11 Å². The molecule has 0 aromatic heterocycles. The van der Waals surface area contributed by atoms with E-state index in [4.69, 9.17) is 0 Å². The Hall–Kier alpha value is -2.09. The molecule has 2 aliphatic carbocycles. The second-order valence-corrected chi connectivity index (χ2v) is 7.17. The van der Waals surface area contributed by atoms with E-state index in [2.05, 4.69) is 18.0 Å². The highest BCUT2D eigenvalue weighted by atomic mass is 16.3. The zero-order valence-corrected chi connectivity index (χ0v) is 13.6. The third-order valence-electron chi connectivity index (χ3n) is 5.56. The summed E-state index contributed by atoms with van der Waals surface area (Å²) < 4.78 is 0. The topological polar surface area (TPSA) is 32.6 Å². The summed E-state index contributed by atoms with van der Waals surface area (Å²) in [5, 5.41) is 10.8. The Morgan fingerprint density at radius 3 is 2.61 bits per heavy atom. The van der Waals surface area contributed by atoms with Gasteiger partial charge in [0.25, 0.3) is 0 Å². The Balaban J connectivity index is 1.67. The van der Waals surface area contributed by atoms with Crippen LogP contribution in [-0.4, -0.2) is 11.3 Å². The average Bonchev–Trinajstić information content (AvgIpc) is 3.19. The molecule has 2 aliphatic rings. The molecule has 23 heavy (non-hydrogen) atoms. The molecule has 2 heteroatoms. The molecule has 2 aromatic carbocycles. The fourth-order valence-electron chi connectivity index (χ4n) is 4.50. The van der Waals surface area contributed by atoms with E-state index in [1.807, 2.05) is 36.4 Å². The number of fused-ring (bicyclic) bond motifs is 2. The van der Waals surface area contributed by atoms with Gasteiger partial charge in [0.2, 0.25) is 0 Å². The summed E-state index contributed by atoms with van der Waals surface area (Å²) in [6.07, 6.45) is 7.11. The minimum atomic E-state index is 0.438. The van der Waals surface area contributed by atoms with Gasteiger partial charge in [0.05, 0.1) is 5.69 Å². The van der Waals surface area contributed by atoms with Gasteiger partial charge in [0, 0.05) is 11.8 Å². The molecule has 2 aromatic rings. The highest BCUT2D eigenvalue weighted by Gasteiger charge is 2.41. The number of para-hydroxylation sites is 1. The summed E-state index contributed by atoms with van der Waals surface area (Å²) >= 11 is 0. The Kier molecular flexibility index (Phi) is 3.68. The van der Waals surface area contributed by atoms with Gasteiger partial charge < -0.3 is 5.11 Å². The minimum Gasteiger partial charge on any atom is -0.507 e.